The van der Waals surface area contributed by atoms with Crippen LogP contribution in [0.4, 0.5) is 0 Å². The number of pyridine rings is 1. The van der Waals surface area contributed by atoms with Crippen molar-refractivity contribution in [3.05, 3.63) is 47.7 Å². The molecule has 3 rings (SSSR count). The molecule has 0 spiro atoms. The number of nitrogens with zero attached hydrogens (tertiary/aromatic N) is 1. The van der Waals surface area contributed by atoms with Crippen LogP contribution in [0.5, 0.6) is 0 Å². The van der Waals surface area contributed by atoms with Gasteiger partial charge < -0.3 is 14.2 Å². The average molecular weight is 416 g/mol. The summed E-state index contributed by atoms with van der Waals surface area (Å²) in [7, 11) is 1.48. The van der Waals surface area contributed by atoms with Gasteiger partial charge in [-0.15, -0.1) is 0 Å². The molecule has 0 radical (unpaired) electrons. The van der Waals surface area contributed by atoms with Gasteiger partial charge in [0.2, 0.25) is 0 Å². The highest BCUT2D eigenvalue weighted by molar-refractivity contribution is 7.99. The zero-order chi connectivity index (χ0) is 21.0. The van der Waals surface area contributed by atoms with Crippen molar-refractivity contribution in [1.29, 1.82) is 0 Å². The molecule has 0 bridgehead atoms. The van der Waals surface area contributed by atoms with Crippen molar-refractivity contribution in [2.24, 2.45) is 0 Å². The number of carbonyl (C=O) groups is 2. The summed E-state index contributed by atoms with van der Waals surface area (Å²) in [5.41, 5.74) is 2.98. The highest BCUT2D eigenvalue weighted by atomic mass is 32.2. The fourth-order valence-electron chi connectivity index (χ4n) is 3.29. The average Bonchev–Trinajstić information content (AvgIpc) is 2.68. The van der Waals surface area contributed by atoms with Crippen LogP contribution in [0.1, 0.15) is 43.1 Å². The van der Waals surface area contributed by atoms with Crippen LogP contribution in [0, 0.1) is 0 Å². The van der Waals surface area contributed by atoms with Gasteiger partial charge >= 0.3 is 11.9 Å². The maximum atomic E-state index is 11.8. The van der Waals surface area contributed by atoms with Gasteiger partial charge in [0.25, 0.3) is 0 Å². The Bertz CT molecular complexity index is 895. The number of hydrogen-bond donors (Lipinski definition) is 0. The smallest absolute Gasteiger partial charge is 0.339 e. The largest absolute Gasteiger partial charge is 0.462 e. The molecule has 29 heavy (non-hydrogen) atoms. The molecule has 2 aromatic rings. The van der Waals surface area contributed by atoms with Crippen molar-refractivity contribution in [2.75, 3.05) is 20.3 Å². The van der Waals surface area contributed by atoms with Crippen LogP contribution in [0.2, 0.25) is 0 Å². The molecule has 6 nitrogen and oxygen atoms in total. The molecule has 1 unspecified atom stereocenters. The molecule has 1 atom stereocenters. The lowest BCUT2D eigenvalue weighted by atomic mass is 9.80. The third kappa shape index (κ3) is 4.97. The number of thioether (sulfide) groups is 1. The molecular formula is C22H25NO5S. The second kappa shape index (κ2) is 8.97. The van der Waals surface area contributed by atoms with E-state index in [9.17, 15) is 9.59 Å². The summed E-state index contributed by atoms with van der Waals surface area (Å²) in [6, 6.07) is 9.71. The van der Waals surface area contributed by atoms with Gasteiger partial charge in [-0.3, -0.25) is 4.98 Å². The molecule has 1 aromatic carbocycles. The Morgan fingerprint density at radius 2 is 2.03 bits per heavy atom. The Labute approximate surface area is 175 Å². The molecule has 1 aliphatic heterocycles. The first kappa shape index (κ1) is 21.3. The van der Waals surface area contributed by atoms with Gasteiger partial charge in [-0.25, -0.2) is 9.59 Å². The van der Waals surface area contributed by atoms with E-state index >= 15 is 0 Å². The lowest BCUT2D eigenvalue weighted by molar-refractivity contribution is -0.150. The monoisotopic (exact) mass is 415 g/mol. The zero-order valence-electron chi connectivity index (χ0n) is 17.1. The minimum absolute atomic E-state index is 0.0449. The van der Waals surface area contributed by atoms with Crippen LogP contribution in [-0.2, 0) is 24.4 Å². The van der Waals surface area contributed by atoms with Crippen LogP contribution < -0.4 is 0 Å². The Morgan fingerprint density at radius 1 is 1.24 bits per heavy atom. The maximum Gasteiger partial charge on any atom is 0.339 e. The van der Waals surface area contributed by atoms with Gasteiger partial charge in [-0.05, 0) is 42.2 Å². The summed E-state index contributed by atoms with van der Waals surface area (Å²) < 4.78 is 15.4. The molecule has 0 amide bonds. The number of fused-ring (bicyclic) bond motifs is 1. The second-order valence-corrected chi connectivity index (χ2v) is 8.62. The van der Waals surface area contributed by atoms with E-state index in [1.54, 1.807) is 24.8 Å². The SMILES string of the molecule is CCOC(=O)c1ccc(-c2ccc3c(c2)C(C)(C)CC(OC(=O)COC)S3)nc1. The Hall–Kier alpha value is -2.38. The number of aromatic nitrogens is 1. The van der Waals surface area contributed by atoms with Gasteiger partial charge in [0.15, 0.2) is 5.44 Å². The summed E-state index contributed by atoms with van der Waals surface area (Å²) in [5.74, 6) is -0.727. The fraction of sp³-hybridized carbons (Fsp3) is 0.409. The van der Waals surface area contributed by atoms with Crippen molar-refractivity contribution >= 4 is 23.7 Å². The minimum atomic E-state index is -0.372. The van der Waals surface area contributed by atoms with Crippen molar-refractivity contribution in [3.63, 3.8) is 0 Å². The minimum Gasteiger partial charge on any atom is -0.462 e. The summed E-state index contributed by atoms with van der Waals surface area (Å²) in [5, 5.41) is 0. The van der Waals surface area contributed by atoms with Gasteiger partial charge in [-0.2, -0.15) is 0 Å². The lowest BCUT2D eigenvalue weighted by Crippen LogP contribution is -2.31. The van der Waals surface area contributed by atoms with Crippen LogP contribution in [-0.4, -0.2) is 42.7 Å². The molecule has 0 saturated carbocycles. The maximum absolute atomic E-state index is 11.8. The van der Waals surface area contributed by atoms with Crippen molar-refractivity contribution < 1.29 is 23.8 Å². The second-order valence-electron chi connectivity index (χ2n) is 7.42. The van der Waals surface area contributed by atoms with Gasteiger partial charge in [0, 0.05) is 30.2 Å². The molecule has 0 N–H and O–H groups in total. The lowest BCUT2D eigenvalue weighted by Gasteiger charge is -2.36. The predicted octanol–water partition coefficient (Wildman–Crippen LogP) is 4.21. The first-order valence-electron chi connectivity index (χ1n) is 9.47. The van der Waals surface area contributed by atoms with Crippen molar-refractivity contribution in [2.45, 2.75) is 42.9 Å². The molecule has 2 heterocycles. The summed E-state index contributed by atoms with van der Waals surface area (Å²) in [6.07, 6.45) is 2.25. The normalized spacial score (nSPS) is 17.3. The molecular weight excluding hydrogens is 390 g/mol. The number of benzene rings is 1. The van der Waals surface area contributed by atoms with E-state index in [1.807, 2.05) is 18.2 Å². The zero-order valence-corrected chi connectivity index (χ0v) is 17.9. The molecule has 7 heteroatoms. The van der Waals surface area contributed by atoms with Crippen molar-refractivity contribution in [3.8, 4) is 11.3 Å². The molecule has 0 aliphatic carbocycles. The third-order valence-electron chi connectivity index (χ3n) is 4.74. The number of ether oxygens (including phenoxy) is 3. The van der Waals surface area contributed by atoms with Crippen LogP contribution in [0.3, 0.4) is 0 Å². The fourth-order valence-corrected chi connectivity index (χ4v) is 4.84. The molecule has 154 valence electrons. The van der Waals surface area contributed by atoms with E-state index in [0.29, 0.717) is 18.6 Å². The first-order chi connectivity index (χ1) is 13.8. The number of hydrogen-bond acceptors (Lipinski definition) is 7. The molecule has 1 aromatic heterocycles. The summed E-state index contributed by atoms with van der Waals surface area (Å²) in [6.45, 7) is 6.35. The summed E-state index contributed by atoms with van der Waals surface area (Å²) >= 11 is 1.55. The molecule has 0 saturated heterocycles. The van der Waals surface area contributed by atoms with E-state index in [2.05, 4.69) is 24.9 Å². The summed E-state index contributed by atoms with van der Waals surface area (Å²) in [4.78, 5) is 29.1. The van der Waals surface area contributed by atoms with Crippen LogP contribution in [0.25, 0.3) is 11.3 Å². The predicted molar refractivity (Wildman–Crippen MR) is 111 cm³/mol. The standard InChI is InChI=1S/C22H25NO5S/c1-5-27-21(25)15-6-8-17(23-12-15)14-7-9-18-16(10-14)22(2,3)11-20(29-18)28-19(24)13-26-4/h6-10,12,20H,5,11,13H2,1-4H3. The number of methoxy groups -OCH3 is 1. The van der Waals surface area contributed by atoms with Crippen LogP contribution in [0.15, 0.2) is 41.4 Å². The number of carbonyl (C=O) groups excluding carboxylic acids is 2. The number of rotatable bonds is 6. The van der Waals surface area contributed by atoms with Gasteiger partial charge in [0.1, 0.15) is 6.61 Å². The molecule has 0 fully saturated rings. The highest BCUT2D eigenvalue weighted by Gasteiger charge is 2.35. The Kier molecular flexibility index (Phi) is 6.59. The number of esters is 2. The van der Waals surface area contributed by atoms with Gasteiger partial charge in [-0.1, -0.05) is 31.7 Å². The van der Waals surface area contributed by atoms with E-state index in [-0.39, 0.29) is 29.4 Å². The Balaban J connectivity index is 1.82. The third-order valence-corrected chi connectivity index (χ3v) is 5.88. The topological polar surface area (TPSA) is 74.7 Å². The highest BCUT2D eigenvalue weighted by Crippen LogP contribution is 2.46. The first-order valence-corrected chi connectivity index (χ1v) is 10.3. The van der Waals surface area contributed by atoms with E-state index in [0.717, 1.165) is 16.2 Å². The quantitative estimate of drug-likeness (QED) is 0.654. The van der Waals surface area contributed by atoms with Crippen molar-refractivity contribution in [1.82, 2.24) is 4.98 Å². The molecule has 1 aliphatic rings. The van der Waals surface area contributed by atoms with Gasteiger partial charge in [0.05, 0.1) is 17.9 Å². The van der Waals surface area contributed by atoms with E-state index < -0.39 is 0 Å². The van der Waals surface area contributed by atoms with E-state index in [4.69, 9.17) is 14.2 Å². The van der Waals surface area contributed by atoms with E-state index in [1.165, 1.54) is 18.9 Å². The van der Waals surface area contributed by atoms with Crippen LogP contribution >= 0.6 is 11.8 Å². The Morgan fingerprint density at radius 3 is 2.69 bits per heavy atom.